The number of epoxide rings is 1. The highest BCUT2D eigenvalue weighted by Crippen LogP contribution is 2.63. The smallest absolute Gasteiger partial charge is 0.133 e. The molecule has 1 saturated carbocycles. The van der Waals surface area contributed by atoms with Gasteiger partial charge >= 0.3 is 0 Å². The van der Waals surface area contributed by atoms with Crippen molar-refractivity contribution in [3.8, 4) is 0 Å². The van der Waals surface area contributed by atoms with Gasteiger partial charge in [0.1, 0.15) is 16.9 Å². The summed E-state index contributed by atoms with van der Waals surface area (Å²) < 4.78 is 6.74. The number of anilines is 1. The molecule has 3 rings (SSSR count). The Kier molecular flexibility index (Phi) is 6.16. The predicted molar refractivity (Wildman–Crippen MR) is 120 cm³/mol. The van der Waals surface area contributed by atoms with Crippen molar-refractivity contribution in [3.05, 3.63) is 23.8 Å². The lowest BCUT2D eigenvalue weighted by Crippen LogP contribution is -2.45. The Morgan fingerprint density at radius 1 is 1.28 bits per heavy atom. The van der Waals surface area contributed by atoms with E-state index in [2.05, 4.69) is 70.6 Å². The molecule has 1 saturated heterocycles. The zero-order valence-corrected chi connectivity index (χ0v) is 19.7. The van der Waals surface area contributed by atoms with Crippen molar-refractivity contribution in [2.24, 2.45) is 22.4 Å². The van der Waals surface area contributed by atoms with Crippen molar-refractivity contribution < 1.29 is 10.3 Å². The van der Waals surface area contributed by atoms with Gasteiger partial charge in [-0.15, -0.1) is 0 Å². The molecule has 1 aliphatic heterocycles. The number of benzene rings is 1. The topological polar surface area (TPSA) is 53.7 Å². The predicted octanol–water partition coefficient (Wildman–Crippen LogP) is 5.45. The van der Waals surface area contributed by atoms with Gasteiger partial charge in [-0.2, -0.15) is 5.53 Å². The quantitative estimate of drug-likeness (QED) is 0.466. The first-order valence-corrected chi connectivity index (χ1v) is 11.6. The van der Waals surface area contributed by atoms with E-state index in [-0.39, 0.29) is 11.2 Å². The third kappa shape index (κ3) is 3.73. The fourth-order valence-electron chi connectivity index (χ4n) is 5.84. The first-order valence-electron chi connectivity index (χ1n) is 11.6. The molecule has 1 spiro atoms. The van der Waals surface area contributed by atoms with Crippen molar-refractivity contribution in [1.82, 2.24) is 0 Å². The molecule has 4 heteroatoms. The third-order valence-electron chi connectivity index (χ3n) is 8.51. The van der Waals surface area contributed by atoms with Gasteiger partial charge in [0.05, 0.1) is 0 Å². The summed E-state index contributed by atoms with van der Waals surface area (Å²) in [6, 6.07) is 6.37. The van der Waals surface area contributed by atoms with E-state index in [9.17, 15) is 0 Å². The van der Waals surface area contributed by atoms with E-state index in [0.717, 1.165) is 36.7 Å². The van der Waals surface area contributed by atoms with E-state index in [1.807, 2.05) is 6.07 Å². The van der Waals surface area contributed by atoms with Crippen LogP contribution in [0.4, 0.5) is 11.4 Å². The molecule has 0 aromatic heterocycles. The van der Waals surface area contributed by atoms with E-state index in [1.165, 1.54) is 31.4 Å². The number of nitrogens with two attached hydrogens (primary N) is 1. The lowest BCUT2D eigenvalue weighted by atomic mass is 9.61. The second-order valence-corrected chi connectivity index (χ2v) is 10.2. The molecule has 4 nitrogen and oxygen atoms in total. The van der Waals surface area contributed by atoms with Crippen molar-refractivity contribution >= 4 is 11.4 Å². The van der Waals surface area contributed by atoms with Crippen molar-refractivity contribution in [2.75, 3.05) is 18.0 Å². The van der Waals surface area contributed by atoms with Gasteiger partial charge in [-0.25, -0.2) is 0 Å². The molecule has 2 fully saturated rings. The van der Waals surface area contributed by atoms with Crippen molar-refractivity contribution in [3.63, 3.8) is 0 Å². The number of aryl methyl sites for hydroxylation is 1. The zero-order valence-electron chi connectivity index (χ0n) is 19.7. The van der Waals surface area contributed by atoms with Crippen LogP contribution in [0, 0.1) is 24.2 Å². The average Bonchev–Trinajstić information content (AvgIpc) is 3.36. The minimum Gasteiger partial charge on any atom is -0.369 e. The van der Waals surface area contributed by atoms with Gasteiger partial charge in [0.15, 0.2) is 0 Å². The normalized spacial score (nSPS) is 31.7. The summed E-state index contributed by atoms with van der Waals surface area (Å²) in [6.45, 7) is 18.2. The molecule has 1 aliphatic carbocycles. The van der Waals surface area contributed by atoms with Crippen LogP contribution in [0.3, 0.4) is 0 Å². The molecule has 2 aliphatic rings. The van der Waals surface area contributed by atoms with Gasteiger partial charge in [-0.1, -0.05) is 41.0 Å². The molecule has 4 atom stereocenters. The molecule has 1 aromatic carbocycles. The Balaban J connectivity index is 1.78. The van der Waals surface area contributed by atoms with Crippen molar-refractivity contribution in [1.29, 1.82) is 0 Å². The minimum atomic E-state index is -0.0193. The van der Waals surface area contributed by atoms with Crippen LogP contribution in [0.15, 0.2) is 23.3 Å². The van der Waals surface area contributed by atoms with Gasteiger partial charge in [-0.05, 0) is 85.7 Å². The fourth-order valence-corrected chi connectivity index (χ4v) is 5.84. The summed E-state index contributed by atoms with van der Waals surface area (Å²) in [4.78, 5) is 2.47. The Labute approximate surface area is 177 Å². The molecule has 0 amide bonds. The van der Waals surface area contributed by atoms with Gasteiger partial charge < -0.3 is 9.64 Å². The zero-order chi connectivity index (χ0) is 21.4. The monoisotopic (exact) mass is 400 g/mol. The summed E-state index contributed by atoms with van der Waals surface area (Å²) >= 11 is 0. The summed E-state index contributed by atoms with van der Waals surface area (Å²) in [7, 11) is 0. The molecule has 4 unspecified atom stereocenters. The highest BCUT2D eigenvalue weighted by atomic mass is 16.6. The van der Waals surface area contributed by atoms with Crippen LogP contribution in [0.25, 0.3) is 0 Å². The lowest BCUT2D eigenvalue weighted by molar-refractivity contribution is -0.210. The Bertz CT molecular complexity index is 746. The number of hydrogen-bond acceptors (Lipinski definition) is 3. The number of rotatable bonds is 8. The van der Waals surface area contributed by atoms with Crippen LogP contribution in [0.1, 0.15) is 79.2 Å². The van der Waals surface area contributed by atoms with Gasteiger partial charge in [0, 0.05) is 18.8 Å². The summed E-state index contributed by atoms with van der Waals surface area (Å²) in [6.07, 6.45) is 6.12. The van der Waals surface area contributed by atoms with Crippen LogP contribution >= 0.6 is 0 Å². The number of ether oxygens (including phenoxy) is 1. The average molecular weight is 401 g/mol. The van der Waals surface area contributed by atoms with Crippen LogP contribution in [0.5, 0.6) is 0 Å². The highest BCUT2D eigenvalue weighted by molar-refractivity contribution is 5.57. The van der Waals surface area contributed by atoms with Crippen molar-refractivity contribution in [2.45, 2.75) is 91.8 Å². The van der Waals surface area contributed by atoms with Gasteiger partial charge in [0.2, 0.25) is 0 Å². The summed E-state index contributed by atoms with van der Waals surface area (Å²) in [5.41, 5.74) is 9.20. The second kappa shape index (κ2) is 8.02. The van der Waals surface area contributed by atoms with E-state index in [0.29, 0.717) is 11.3 Å². The van der Waals surface area contributed by atoms with Crippen LogP contribution in [-0.2, 0) is 4.74 Å². The molecular formula is C25H42N3O+. The van der Waals surface area contributed by atoms with Gasteiger partial charge in [-0.3, -0.25) is 0 Å². The van der Waals surface area contributed by atoms with Crippen LogP contribution < -0.4 is 10.4 Å². The van der Waals surface area contributed by atoms with Crippen LogP contribution in [-0.4, -0.2) is 24.3 Å². The molecule has 2 N–H and O–H groups in total. The first-order chi connectivity index (χ1) is 13.7. The number of likely N-dealkylation sites (N-methyl/N-ethyl adjacent to an activating group) is 1. The largest absolute Gasteiger partial charge is 0.369 e. The Morgan fingerprint density at radius 2 is 2.00 bits per heavy atom. The summed E-state index contributed by atoms with van der Waals surface area (Å²) in [5, 5.41) is 3.87. The minimum absolute atomic E-state index is 0.0193. The maximum Gasteiger partial charge on any atom is 0.133 e. The maximum atomic E-state index is 6.74. The number of hydrogen-bond donors (Lipinski definition) is 1. The molecule has 0 bridgehead atoms. The SMILES string of the molecule is CCN(CC1(CC)OC12CCC(C(C)(C)CC)CC2C)c1ccc(N=[NH2+])c(C)c1. The Morgan fingerprint density at radius 3 is 2.52 bits per heavy atom. The van der Waals surface area contributed by atoms with E-state index in [4.69, 9.17) is 10.3 Å². The third-order valence-corrected chi connectivity index (χ3v) is 8.51. The standard InChI is InChI=1S/C25H41N3O/c1-8-23(6,7)20-13-14-25(19(5)16-20)24(9-2,29-25)17-28(10-3)21-11-12-22(27-26)18(4)15-21/h11-12,15,19-20,26H,8-10,13-14,16-17H2,1-7H3/p+1. The first kappa shape index (κ1) is 22.3. The molecule has 0 radical (unpaired) electrons. The highest BCUT2D eigenvalue weighted by Gasteiger charge is 2.72. The molecule has 1 heterocycles. The summed E-state index contributed by atoms with van der Waals surface area (Å²) in [5.74, 6) is 1.43. The van der Waals surface area contributed by atoms with E-state index < -0.39 is 0 Å². The van der Waals surface area contributed by atoms with Gasteiger partial charge in [0.25, 0.3) is 0 Å². The molecule has 1 aromatic rings. The van der Waals surface area contributed by atoms with E-state index >= 15 is 0 Å². The van der Waals surface area contributed by atoms with Crippen LogP contribution in [0.2, 0.25) is 0 Å². The Hall–Kier alpha value is -1.42. The second-order valence-electron chi connectivity index (χ2n) is 10.2. The number of nitrogens with zero attached hydrogens (tertiary/aromatic N) is 2. The maximum absolute atomic E-state index is 6.74. The fraction of sp³-hybridized carbons (Fsp3) is 0.760. The lowest BCUT2D eigenvalue weighted by Gasteiger charge is -2.42. The molecule has 29 heavy (non-hydrogen) atoms. The molecule has 162 valence electrons. The van der Waals surface area contributed by atoms with E-state index in [1.54, 1.807) is 0 Å². The molecular weight excluding hydrogens is 358 g/mol.